The van der Waals surface area contributed by atoms with Gasteiger partial charge < -0.3 is 9.80 Å². The second-order valence-electron chi connectivity index (χ2n) is 24.8. The summed E-state index contributed by atoms with van der Waals surface area (Å²) in [6.07, 6.45) is 16.8. The van der Waals surface area contributed by atoms with Crippen LogP contribution in [0.2, 0.25) is 0 Å². The molecule has 394 valence electrons. The highest BCUT2D eigenvalue weighted by Crippen LogP contribution is 2.52. The Hall–Kier alpha value is -7.68. The molecule has 0 unspecified atom stereocenters. The molecule has 0 N–H and O–H groups in total. The molecule has 0 aromatic heterocycles. The van der Waals surface area contributed by atoms with Gasteiger partial charge in [-0.05, 0) is 206 Å². The molecule has 78 heavy (non-hydrogen) atoms. The molecule has 2 aliphatic carbocycles. The first-order chi connectivity index (χ1) is 37.3. The fraction of sp³-hybridized carbons (Fsp3) is 0.263. The number of hydrogen-bond acceptors (Lipinski definition) is 2. The molecule has 8 aromatic carbocycles. The molecule has 0 atom stereocenters. The second-order valence-corrected chi connectivity index (χ2v) is 24.8. The van der Waals surface area contributed by atoms with Gasteiger partial charge in [-0.2, -0.15) is 0 Å². The smallest absolute Gasteiger partial charge is 0.0468 e. The number of allylic oxidation sites excluding steroid dienone is 10. The zero-order valence-electron chi connectivity index (χ0n) is 48.8. The number of fused-ring (bicyclic) bond motifs is 3. The highest BCUT2D eigenvalue weighted by molar-refractivity contribution is 6.19. The van der Waals surface area contributed by atoms with Crippen LogP contribution in [-0.4, -0.2) is 0 Å². The highest BCUT2D eigenvalue weighted by atomic mass is 15.1. The Labute approximate surface area is 467 Å². The van der Waals surface area contributed by atoms with E-state index in [0.717, 1.165) is 59.0 Å². The summed E-state index contributed by atoms with van der Waals surface area (Å²) in [5.74, 6) is 0. The molecule has 0 saturated heterocycles. The Morgan fingerprint density at radius 1 is 0.551 bits per heavy atom. The Morgan fingerprint density at radius 2 is 1.06 bits per heavy atom. The molecule has 0 spiro atoms. The fourth-order valence-electron chi connectivity index (χ4n) is 12.6. The van der Waals surface area contributed by atoms with Crippen molar-refractivity contribution >= 4 is 67.3 Å². The summed E-state index contributed by atoms with van der Waals surface area (Å²) >= 11 is 0. The van der Waals surface area contributed by atoms with E-state index in [9.17, 15) is 0 Å². The van der Waals surface area contributed by atoms with Gasteiger partial charge in [-0.25, -0.2) is 0 Å². The maximum atomic E-state index is 4.64. The van der Waals surface area contributed by atoms with Crippen molar-refractivity contribution in [2.45, 2.75) is 126 Å². The van der Waals surface area contributed by atoms with Crippen LogP contribution in [0.4, 0.5) is 34.1 Å². The number of para-hydroxylation sites is 2. The van der Waals surface area contributed by atoms with E-state index in [-0.39, 0.29) is 21.7 Å². The van der Waals surface area contributed by atoms with Crippen LogP contribution < -0.4 is 9.80 Å². The minimum atomic E-state index is -0.266. The normalized spacial score (nSPS) is 17.0. The molecule has 0 aliphatic heterocycles. The van der Waals surface area contributed by atoms with Gasteiger partial charge in [0, 0.05) is 45.0 Å². The third kappa shape index (κ3) is 9.85. The molecule has 0 bridgehead atoms. The van der Waals surface area contributed by atoms with Gasteiger partial charge in [-0.3, -0.25) is 0 Å². The minimum absolute atomic E-state index is 0.0300. The van der Waals surface area contributed by atoms with E-state index in [1.54, 1.807) is 0 Å². The first kappa shape index (κ1) is 53.7. The Balaban J connectivity index is 1.34. The first-order valence-corrected chi connectivity index (χ1v) is 28.5. The van der Waals surface area contributed by atoms with Crippen molar-refractivity contribution in [3.05, 3.63) is 251 Å². The van der Waals surface area contributed by atoms with Gasteiger partial charge in [0.05, 0.1) is 0 Å². The topological polar surface area (TPSA) is 6.48 Å². The Kier molecular flexibility index (Phi) is 14.4. The van der Waals surface area contributed by atoms with Gasteiger partial charge in [-0.1, -0.05) is 210 Å². The van der Waals surface area contributed by atoms with Crippen LogP contribution >= 0.6 is 0 Å². The minimum Gasteiger partial charge on any atom is -0.310 e. The average molecular weight is 1020 g/mol. The largest absolute Gasteiger partial charge is 0.310 e. The highest BCUT2D eigenvalue weighted by Gasteiger charge is 2.37. The fourth-order valence-corrected chi connectivity index (χ4v) is 12.6. The van der Waals surface area contributed by atoms with Crippen molar-refractivity contribution in [2.75, 3.05) is 9.80 Å². The van der Waals surface area contributed by atoms with Crippen molar-refractivity contribution in [1.82, 2.24) is 0 Å². The predicted octanol–water partition coefficient (Wildman–Crippen LogP) is 22.5. The standard InChI is InChI=1S/C76H80N2/c1-15-26-63-64-44-33-53(48-71(64)76(13,14)70(63)17-3)72-65-46-43-60(77(56-29-20-18-21-30-56)58-38-34-54(35-39-58)73(5,6)7)49-67(65)66(47-52-28-25-24-27-51(4)75(11,12)69(52)16-2)62-45-42-61(50-68(62)72)78(57-31-22-19-23-32-57)59-40-36-55(37-41-59)74(8,9)10/h15-16,18-24,26-27,29-50H,4,17,25,28H2,1-3,5-14H3/b26-15-,27-24-,52-47-,69-16+. The lowest BCUT2D eigenvalue weighted by atomic mass is 9.71. The van der Waals surface area contributed by atoms with Crippen LogP contribution in [0.1, 0.15) is 137 Å². The van der Waals surface area contributed by atoms with Gasteiger partial charge >= 0.3 is 0 Å². The Morgan fingerprint density at radius 3 is 1.58 bits per heavy atom. The first-order valence-electron chi connectivity index (χ1n) is 28.5. The van der Waals surface area contributed by atoms with Crippen LogP contribution in [-0.2, 0) is 16.2 Å². The van der Waals surface area contributed by atoms with Crippen LogP contribution in [0, 0.1) is 5.41 Å². The van der Waals surface area contributed by atoms with Gasteiger partial charge in [0.2, 0.25) is 0 Å². The molecule has 0 saturated carbocycles. The third-order valence-electron chi connectivity index (χ3n) is 17.0. The molecular formula is C76H80N2. The summed E-state index contributed by atoms with van der Waals surface area (Å²) in [7, 11) is 0. The molecule has 0 amide bonds. The second kappa shape index (κ2) is 20.9. The quantitative estimate of drug-likeness (QED) is 0.126. The molecule has 0 heterocycles. The monoisotopic (exact) mass is 1020 g/mol. The van der Waals surface area contributed by atoms with Gasteiger partial charge in [0.1, 0.15) is 0 Å². The number of nitrogens with zero attached hydrogens (tertiary/aromatic N) is 2. The number of benzene rings is 8. The maximum absolute atomic E-state index is 4.64. The number of hydrogen-bond donors (Lipinski definition) is 0. The molecule has 0 radical (unpaired) electrons. The molecule has 0 fully saturated rings. The lowest BCUT2D eigenvalue weighted by molar-refractivity contribution is 0.551. The summed E-state index contributed by atoms with van der Waals surface area (Å²) < 4.78 is 0. The van der Waals surface area contributed by atoms with Gasteiger partial charge in [0.15, 0.2) is 0 Å². The van der Waals surface area contributed by atoms with E-state index in [1.165, 1.54) is 82.8 Å². The van der Waals surface area contributed by atoms with Crippen LogP contribution in [0.15, 0.2) is 223 Å². The van der Waals surface area contributed by atoms with Crippen LogP contribution in [0.25, 0.3) is 44.3 Å². The van der Waals surface area contributed by atoms with Gasteiger partial charge in [0.25, 0.3) is 0 Å². The summed E-state index contributed by atoms with van der Waals surface area (Å²) in [6, 6.07) is 62.0. The molecule has 2 nitrogen and oxygen atoms in total. The summed E-state index contributed by atoms with van der Waals surface area (Å²) in [4.78, 5) is 4.87. The van der Waals surface area contributed by atoms with E-state index in [2.05, 4.69) is 307 Å². The van der Waals surface area contributed by atoms with Crippen molar-refractivity contribution in [1.29, 1.82) is 0 Å². The number of anilines is 6. The molecule has 2 aliphatic rings. The van der Waals surface area contributed by atoms with Crippen molar-refractivity contribution in [3.63, 3.8) is 0 Å². The Bertz CT molecular complexity index is 3720. The van der Waals surface area contributed by atoms with Crippen molar-refractivity contribution in [2.24, 2.45) is 5.41 Å². The van der Waals surface area contributed by atoms with E-state index in [1.807, 2.05) is 0 Å². The summed E-state index contributed by atoms with van der Waals surface area (Å²) in [6.45, 7) is 34.6. The zero-order valence-corrected chi connectivity index (χ0v) is 48.8. The van der Waals surface area contributed by atoms with E-state index >= 15 is 0 Å². The van der Waals surface area contributed by atoms with Crippen LogP contribution in [0.5, 0.6) is 0 Å². The maximum Gasteiger partial charge on any atom is 0.0468 e. The van der Waals surface area contributed by atoms with Crippen molar-refractivity contribution < 1.29 is 0 Å². The predicted molar refractivity (Wildman–Crippen MR) is 342 cm³/mol. The summed E-state index contributed by atoms with van der Waals surface area (Å²) in [5.41, 5.74) is 22.0. The zero-order chi connectivity index (χ0) is 55.3. The van der Waals surface area contributed by atoms with Gasteiger partial charge in [-0.15, -0.1) is 0 Å². The third-order valence-corrected chi connectivity index (χ3v) is 17.0. The van der Waals surface area contributed by atoms with E-state index < -0.39 is 0 Å². The molecular weight excluding hydrogens is 941 g/mol. The molecule has 10 rings (SSSR count). The average Bonchev–Trinajstić information content (AvgIpc) is 3.73. The van der Waals surface area contributed by atoms with Crippen molar-refractivity contribution in [3.8, 4) is 11.1 Å². The SMILES string of the molecule is C=C1/C=C\CCC(=C/c2c3cc(N(c4ccccc4)c4ccc(C(C)(C)C)cc4)ccc3c(-c3ccc4c(c3)C(C)(C)C(CC)=C4/C=C\C)c3cc(N(c4ccccc4)c4ccc(C(C)(C)C)cc4)ccc23)/C(=C\C)C1(C)C. The summed E-state index contributed by atoms with van der Waals surface area (Å²) in [5, 5.41) is 4.87. The lowest BCUT2D eigenvalue weighted by Crippen LogP contribution is -2.19. The van der Waals surface area contributed by atoms with Crippen LogP contribution in [0.3, 0.4) is 0 Å². The lowest BCUT2D eigenvalue weighted by Gasteiger charge is -2.33. The molecule has 2 heteroatoms. The number of rotatable bonds is 10. The van der Waals surface area contributed by atoms with E-state index in [0.29, 0.717) is 0 Å². The van der Waals surface area contributed by atoms with E-state index in [4.69, 9.17) is 0 Å². The molecule has 8 aromatic rings.